The standard InChI is InChI=1S/C16H23N3S/c1-5-9-17-14(6-2)16-19-18-15(20-16)13-10-11(3)7-8-12(13)4/h7-8,10,14,17H,5-6,9H2,1-4H3. The van der Waals surface area contributed by atoms with E-state index < -0.39 is 0 Å². The minimum atomic E-state index is 0.325. The Bertz CT molecular complexity index is 563. The van der Waals surface area contributed by atoms with Crippen molar-refractivity contribution in [3.05, 3.63) is 34.3 Å². The number of nitrogens with one attached hydrogen (secondary N) is 1. The van der Waals surface area contributed by atoms with E-state index >= 15 is 0 Å². The van der Waals surface area contributed by atoms with E-state index in [2.05, 4.69) is 61.4 Å². The van der Waals surface area contributed by atoms with Crippen molar-refractivity contribution in [1.29, 1.82) is 0 Å². The van der Waals surface area contributed by atoms with Gasteiger partial charge < -0.3 is 5.32 Å². The average Bonchev–Trinajstić information content (AvgIpc) is 2.92. The van der Waals surface area contributed by atoms with Gasteiger partial charge in [0.2, 0.25) is 0 Å². The summed E-state index contributed by atoms with van der Waals surface area (Å²) < 4.78 is 0. The van der Waals surface area contributed by atoms with Gasteiger partial charge in [-0.1, -0.05) is 42.9 Å². The van der Waals surface area contributed by atoms with E-state index in [1.807, 2.05) is 0 Å². The molecule has 0 saturated carbocycles. The van der Waals surface area contributed by atoms with Crippen molar-refractivity contribution in [3.8, 4) is 10.6 Å². The molecule has 0 aliphatic carbocycles. The lowest BCUT2D eigenvalue weighted by molar-refractivity contribution is 0.513. The van der Waals surface area contributed by atoms with Crippen LogP contribution >= 0.6 is 11.3 Å². The fraction of sp³-hybridized carbons (Fsp3) is 0.500. The van der Waals surface area contributed by atoms with Gasteiger partial charge in [-0.2, -0.15) is 0 Å². The summed E-state index contributed by atoms with van der Waals surface area (Å²) in [6, 6.07) is 6.81. The molecule has 1 atom stereocenters. The Morgan fingerprint density at radius 2 is 2.00 bits per heavy atom. The Kier molecular flexibility index (Phi) is 5.26. The molecule has 20 heavy (non-hydrogen) atoms. The van der Waals surface area contributed by atoms with Gasteiger partial charge >= 0.3 is 0 Å². The molecule has 0 radical (unpaired) electrons. The van der Waals surface area contributed by atoms with Gasteiger partial charge in [-0.05, 0) is 44.9 Å². The summed E-state index contributed by atoms with van der Waals surface area (Å²) in [5.41, 5.74) is 3.73. The minimum absolute atomic E-state index is 0.325. The largest absolute Gasteiger partial charge is 0.308 e. The highest BCUT2D eigenvalue weighted by atomic mass is 32.1. The average molecular weight is 289 g/mol. The van der Waals surface area contributed by atoms with Crippen molar-refractivity contribution in [2.45, 2.75) is 46.6 Å². The van der Waals surface area contributed by atoms with Crippen LogP contribution in [-0.2, 0) is 0 Å². The van der Waals surface area contributed by atoms with Crippen LogP contribution in [0.3, 0.4) is 0 Å². The second-order valence-corrected chi connectivity index (χ2v) is 6.19. The van der Waals surface area contributed by atoms with Crippen molar-refractivity contribution in [1.82, 2.24) is 15.5 Å². The number of aromatic nitrogens is 2. The highest BCUT2D eigenvalue weighted by molar-refractivity contribution is 7.14. The Morgan fingerprint density at radius 1 is 1.20 bits per heavy atom. The van der Waals surface area contributed by atoms with Crippen molar-refractivity contribution in [2.24, 2.45) is 0 Å². The molecular weight excluding hydrogens is 266 g/mol. The quantitative estimate of drug-likeness (QED) is 0.863. The number of benzene rings is 1. The van der Waals surface area contributed by atoms with Gasteiger partial charge in [-0.3, -0.25) is 0 Å². The predicted octanol–water partition coefficient (Wildman–Crippen LogP) is 4.27. The van der Waals surface area contributed by atoms with Crippen molar-refractivity contribution >= 4 is 11.3 Å². The van der Waals surface area contributed by atoms with Crippen molar-refractivity contribution < 1.29 is 0 Å². The first-order valence-corrected chi connectivity index (χ1v) is 8.11. The number of aryl methyl sites for hydroxylation is 2. The molecule has 1 unspecified atom stereocenters. The van der Waals surface area contributed by atoms with Gasteiger partial charge in [0, 0.05) is 5.56 Å². The Morgan fingerprint density at radius 3 is 2.70 bits per heavy atom. The summed E-state index contributed by atoms with van der Waals surface area (Å²) in [5, 5.41) is 14.4. The maximum absolute atomic E-state index is 4.39. The van der Waals surface area contributed by atoms with Gasteiger partial charge in [0.05, 0.1) is 6.04 Å². The molecule has 0 spiro atoms. The number of hydrogen-bond donors (Lipinski definition) is 1. The molecule has 3 nitrogen and oxygen atoms in total. The molecule has 4 heteroatoms. The molecule has 108 valence electrons. The van der Waals surface area contributed by atoms with E-state index in [-0.39, 0.29) is 0 Å². The molecule has 1 heterocycles. The second-order valence-electron chi connectivity index (χ2n) is 5.18. The van der Waals surface area contributed by atoms with Gasteiger partial charge in [0.1, 0.15) is 10.0 Å². The van der Waals surface area contributed by atoms with Crippen LogP contribution in [0.5, 0.6) is 0 Å². The van der Waals surface area contributed by atoms with Crippen molar-refractivity contribution in [2.75, 3.05) is 6.54 Å². The van der Waals surface area contributed by atoms with Crippen LogP contribution < -0.4 is 5.32 Å². The zero-order valence-electron chi connectivity index (χ0n) is 12.7. The lowest BCUT2D eigenvalue weighted by atomic mass is 10.1. The molecule has 2 rings (SSSR count). The van der Waals surface area contributed by atoms with E-state index in [9.17, 15) is 0 Å². The highest BCUT2D eigenvalue weighted by Crippen LogP contribution is 2.30. The molecule has 0 aliphatic rings. The first kappa shape index (κ1) is 15.1. The van der Waals surface area contributed by atoms with Crippen LogP contribution in [0.2, 0.25) is 0 Å². The lowest BCUT2D eigenvalue weighted by Gasteiger charge is -2.12. The van der Waals surface area contributed by atoms with Gasteiger partial charge in [0.15, 0.2) is 0 Å². The van der Waals surface area contributed by atoms with E-state index in [1.165, 1.54) is 16.7 Å². The molecule has 1 aromatic heterocycles. The monoisotopic (exact) mass is 289 g/mol. The summed E-state index contributed by atoms with van der Waals surface area (Å²) in [4.78, 5) is 0. The molecule has 0 saturated heterocycles. The summed E-state index contributed by atoms with van der Waals surface area (Å²) in [6.45, 7) is 9.63. The van der Waals surface area contributed by atoms with Crippen molar-refractivity contribution in [3.63, 3.8) is 0 Å². The zero-order chi connectivity index (χ0) is 14.5. The van der Waals surface area contributed by atoms with E-state index in [0.29, 0.717) is 6.04 Å². The molecule has 1 N–H and O–H groups in total. The van der Waals surface area contributed by atoms with Crippen LogP contribution in [0, 0.1) is 13.8 Å². The third-order valence-electron chi connectivity index (χ3n) is 3.41. The van der Waals surface area contributed by atoms with E-state index in [0.717, 1.165) is 29.4 Å². The van der Waals surface area contributed by atoms with Crippen LogP contribution in [0.4, 0.5) is 0 Å². The first-order valence-electron chi connectivity index (χ1n) is 7.30. The number of hydrogen-bond acceptors (Lipinski definition) is 4. The molecule has 0 aliphatic heterocycles. The SMILES string of the molecule is CCCNC(CC)c1nnc(-c2cc(C)ccc2C)s1. The zero-order valence-corrected chi connectivity index (χ0v) is 13.5. The Labute approximate surface area is 125 Å². The summed E-state index contributed by atoms with van der Waals surface area (Å²) in [7, 11) is 0. The smallest absolute Gasteiger partial charge is 0.148 e. The maximum atomic E-state index is 4.39. The second kappa shape index (κ2) is 6.95. The topological polar surface area (TPSA) is 37.8 Å². The minimum Gasteiger partial charge on any atom is -0.308 e. The number of rotatable bonds is 6. The summed E-state index contributed by atoms with van der Waals surface area (Å²) in [5.74, 6) is 0. The predicted molar refractivity (Wildman–Crippen MR) is 86.1 cm³/mol. The molecular formula is C16H23N3S. The molecule has 0 fully saturated rings. The van der Waals surface area contributed by atoms with Gasteiger partial charge in [-0.15, -0.1) is 10.2 Å². The molecule has 0 amide bonds. The summed E-state index contributed by atoms with van der Waals surface area (Å²) >= 11 is 1.71. The van der Waals surface area contributed by atoms with Crippen LogP contribution in [0.25, 0.3) is 10.6 Å². The number of nitrogens with zero attached hydrogens (tertiary/aromatic N) is 2. The Balaban J connectivity index is 2.25. The van der Waals surface area contributed by atoms with Crippen LogP contribution in [-0.4, -0.2) is 16.7 Å². The highest BCUT2D eigenvalue weighted by Gasteiger charge is 2.16. The van der Waals surface area contributed by atoms with E-state index in [1.54, 1.807) is 11.3 Å². The first-order chi connectivity index (χ1) is 9.65. The summed E-state index contributed by atoms with van der Waals surface area (Å²) in [6.07, 6.45) is 2.18. The van der Waals surface area contributed by atoms with Gasteiger partial charge in [-0.25, -0.2) is 0 Å². The van der Waals surface area contributed by atoms with E-state index in [4.69, 9.17) is 0 Å². The fourth-order valence-corrected chi connectivity index (χ4v) is 3.26. The van der Waals surface area contributed by atoms with Gasteiger partial charge in [0.25, 0.3) is 0 Å². The maximum Gasteiger partial charge on any atom is 0.148 e. The van der Waals surface area contributed by atoms with Crippen LogP contribution in [0.15, 0.2) is 18.2 Å². The van der Waals surface area contributed by atoms with Crippen LogP contribution in [0.1, 0.15) is 48.9 Å². The molecule has 2 aromatic rings. The lowest BCUT2D eigenvalue weighted by Crippen LogP contribution is -2.21. The fourth-order valence-electron chi connectivity index (χ4n) is 2.18. The normalized spacial score (nSPS) is 12.6. The Hall–Kier alpha value is -1.26. The third-order valence-corrected chi connectivity index (χ3v) is 4.48. The molecule has 0 bridgehead atoms. The molecule has 1 aromatic carbocycles. The third kappa shape index (κ3) is 3.44.